The van der Waals surface area contributed by atoms with Crippen LogP contribution in [0.5, 0.6) is 0 Å². The largest absolute Gasteiger partial charge is 0.512 e. The third-order valence-corrected chi connectivity index (χ3v) is 11.0. The number of aryl methyl sites for hydroxylation is 3. The van der Waals surface area contributed by atoms with Gasteiger partial charge in [-0.1, -0.05) is 110 Å². The van der Waals surface area contributed by atoms with Crippen LogP contribution < -0.4 is 0 Å². The zero-order valence-corrected chi connectivity index (χ0v) is 36.8. The van der Waals surface area contributed by atoms with Crippen LogP contribution in [0.3, 0.4) is 0 Å². The summed E-state index contributed by atoms with van der Waals surface area (Å²) in [6.45, 7) is 26.2. The van der Waals surface area contributed by atoms with E-state index in [0.29, 0.717) is 5.92 Å². The average molecular weight is 895 g/mol. The third-order valence-electron chi connectivity index (χ3n) is 10.1. The van der Waals surface area contributed by atoms with Crippen molar-refractivity contribution < 1.29 is 30.0 Å². The van der Waals surface area contributed by atoms with Crippen LogP contribution in [0.25, 0.3) is 43.4 Å². The van der Waals surface area contributed by atoms with Crippen LogP contribution in [0.2, 0.25) is 0 Å². The number of nitrogens with zero attached hydrogens (tertiary/aromatic N) is 1. The fourth-order valence-corrected chi connectivity index (χ4v) is 8.22. The molecule has 5 heteroatoms. The molecule has 281 valence electrons. The Morgan fingerprint density at radius 3 is 2.02 bits per heavy atom. The molecule has 0 amide bonds. The van der Waals surface area contributed by atoms with Crippen LogP contribution in [-0.2, 0) is 36.7 Å². The fourth-order valence-electron chi connectivity index (χ4n) is 7.31. The molecule has 0 saturated heterocycles. The van der Waals surface area contributed by atoms with Gasteiger partial charge in [-0.2, -0.15) is 0 Å². The number of aromatic nitrogens is 1. The number of hydrogen-bond donors (Lipinski definition) is 1. The number of fused-ring (bicyclic) bond motifs is 2. The van der Waals surface area contributed by atoms with Crippen molar-refractivity contribution in [2.24, 2.45) is 17.8 Å². The quantitative estimate of drug-likeness (QED) is 0.0816. The molecule has 0 aliphatic heterocycles. The molecule has 5 rings (SSSR count). The van der Waals surface area contributed by atoms with Gasteiger partial charge in [0.2, 0.25) is 0 Å². The van der Waals surface area contributed by atoms with E-state index in [9.17, 15) is 9.90 Å². The van der Waals surface area contributed by atoms with E-state index in [4.69, 9.17) is 4.98 Å². The van der Waals surface area contributed by atoms with E-state index < -0.39 is 0 Å². The summed E-state index contributed by atoms with van der Waals surface area (Å²) in [6, 6.07) is 24.0. The molecule has 5 aromatic rings. The molecule has 0 bridgehead atoms. The summed E-state index contributed by atoms with van der Waals surface area (Å²) in [5, 5.41) is 13.4. The second-order valence-corrected chi connectivity index (χ2v) is 17.0. The topological polar surface area (TPSA) is 50.2 Å². The Kier molecular flexibility index (Phi) is 15.6. The average Bonchev–Trinajstić information content (AvgIpc) is 3.44. The maximum Gasteiger partial charge on any atom is 0.162 e. The minimum Gasteiger partial charge on any atom is -0.512 e. The second-order valence-electron chi connectivity index (χ2n) is 15.7. The summed E-state index contributed by atoms with van der Waals surface area (Å²) >= 11 is 1.78. The van der Waals surface area contributed by atoms with Crippen molar-refractivity contribution in [1.29, 1.82) is 0 Å². The number of carbonyl (C=O) groups is 1. The van der Waals surface area contributed by atoms with E-state index in [2.05, 4.69) is 116 Å². The van der Waals surface area contributed by atoms with Crippen molar-refractivity contribution in [3.63, 3.8) is 0 Å². The predicted octanol–water partition coefficient (Wildman–Crippen LogP) is 13.9. The first-order chi connectivity index (χ1) is 24.1. The van der Waals surface area contributed by atoms with Crippen molar-refractivity contribution in [3.05, 3.63) is 99.6 Å². The van der Waals surface area contributed by atoms with Gasteiger partial charge in [0.05, 0.1) is 5.76 Å². The van der Waals surface area contributed by atoms with E-state index in [1.54, 1.807) is 11.3 Å². The molecule has 0 saturated carbocycles. The summed E-state index contributed by atoms with van der Waals surface area (Å²) in [5.74, 6) is 1.19. The first-order valence-electron chi connectivity index (χ1n) is 19.0. The summed E-state index contributed by atoms with van der Waals surface area (Å²) in [4.78, 5) is 19.3. The Hall–Kier alpha value is -3.11. The van der Waals surface area contributed by atoms with E-state index in [0.717, 1.165) is 53.6 Å². The van der Waals surface area contributed by atoms with Crippen LogP contribution in [0, 0.1) is 44.6 Å². The molecule has 0 aliphatic carbocycles. The van der Waals surface area contributed by atoms with Crippen LogP contribution in [0.15, 0.2) is 66.4 Å². The summed E-state index contributed by atoms with van der Waals surface area (Å²) < 4.78 is 0. The van der Waals surface area contributed by atoms with Crippen molar-refractivity contribution >= 4 is 38.1 Å². The van der Waals surface area contributed by atoms with Crippen molar-refractivity contribution in [2.75, 3.05) is 0 Å². The molecule has 0 spiro atoms. The number of benzene rings is 3. The van der Waals surface area contributed by atoms with Gasteiger partial charge in [-0.3, -0.25) is 9.78 Å². The molecule has 2 aromatic heterocycles. The van der Waals surface area contributed by atoms with Crippen LogP contribution in [0.1, 0.15) is 115 Å². The number of aliphatic hydroxyl groups is 1. The van der Waals surface area contributed by atoms with E-state index in [1.807, 2.05) is 27.7 Å². The van der Waals surface area contributed by atoms with Crippen molar-refractivity contribution in [1.82, 2.24) is 4.98 Å². The molecule has 0 unspecified atom stereocenters. The summed E-state index contributed by atoms with van der Waals surface area (Å²) in [5.41, 5.74) is 10.2. The maximum atomic E-state index is 11.7. The molecule has 0 aliphatic rings. The first kappa shape index (κ1) is 43.3. The number of ketones is 1. The Morgan fingerprint density at radius 2 is 1.46 bits per heavy atom. The van der Waals surface area contributed by atoms with Gasteiger partial charge < -0.3 is 5.11 Å². The second kappa shape index (κ2) is 18.8. The summed E-state index contributed by atoms with van der Waals surface area (Å²) in [6.07, 6.45) is 6.02. The number of aliphatic hydroxyl groups excluding tert-OH is 1. The SMILES string of the molecule is CCC(CC)C(=O)/C=C(\O)C(CC)CC.Cc1cc2c(-c3c(C)cc(CC(C)C)cc3C)cc(-c3[c-]c4ccccc4c(C(C)(C)C)c3)nc2s1.[Ir]. The number of hydrogen-bond acceptors (Lipinski definition) is 4. The van der Waals surface area contributed by atoms with Crippen molar-refractivity contribution in [2.45, 2.75) is 121 Å². The molecular formula is C47H60IrNO2S-. The molecule has 3 aromatic carbocycles. The Bertz CT molecular complexity index is 1980. The number of rotatable bonds is 11. The minimum absolute atomic E-state index is 0. The molecule has 52 heavy (non-hydrogen) atoms. The van der Waals surface area contributed by atoms with E-state index in [1.165, 1.54) is 55.1 Å². The molecule has 0 fully saturated rings. The standard InChI is InChI=1S/C34H36NS.C13H24O2.Ir/c1-20(2)13-24-14-21(3)32(22(4)15-24)28-19-31(35-33-29(28)16-23(5)36-33)26-17-25-11-9-10-12-27(25)30(18-26)34(6,7)8;1-5-10(6-2)12(14)9-13(15)11(7-3)8-4;/h9-12,14-16,18-20H,13H2,1-8H3;9-11,14H,5-8H2,1-4H3;/q-1;;/b;12-9-;. The van der Waals surface area contributed by atoms with E-state index >= 15 is 0 Å². The normalized spacial score (nSPS) is 12.1. The number of allylic oxidation sites excluding steroid dienone is 2. The van der Waals surface area contributed by atoms with E-state index in [-0.39, 0.29) is 48.9 Å². The molecule has 2 heterocycles. The van der Waals surface area contributed by atoms with Gasteiger partial charge in [-0.15, -0.1) is 40.5 Å². The van der Waals surface area contributed by atoms with Gasteiger partial charge in [0, 0.05) is 54.0 Å². The zero-order chi connectivity index (χ0) is 37.6. The van der Waals surface area contributed by atoms with Gasteiger partial charge in [-0.05, 0) is 98.1 Å². The number of carbonyl (C=O) groups excluding carboxylic acids is 1. The zero-order valence-electron chi connectivity index (χ0n) is 33.6. The smallest absolute Gasteiger partial charge is 0.162 e. The maximum absolute atomic E-state index is 11.7. The van der Waals surface area contributed by atoms with Gasteiger partial charge in [0.1, 0.15) is 4.83 Å². The molecule has 1 radical (unpaired) electrons. The van der Waals surface area contributed by atoms with Crippen molar-refractivity contribution in [3.8, 4) is 22.4 Å². The molecule has 0 atom stereocenters. The Morgan fingerprint density at radius 1 is 0.865 bits per heavy atom. The minimum atomic E-state index is 0. The van der Waals surface area contributed by atoms with Gasteiger partial charge >= 0.3 is 0 Å². The molecular weight excluding hydrogens is 835 g/mol. The van der Waals surface area contributed by atoms with Gasteiger partial charge in [0.15, 0.2) is 5.78 Å². The number of thiophene rings is 1. The van der Waals surface area contributed by atoms with Crippen LogP contribution in [-0.4, -0.2) is 15.9 Å². The molecule has 3 nitrogen and oxygen atoms in total. The summed E-state index contributed by atoms with van der Waals surface area (Å²) in [7, 11) is 0. The van der Waals surface area contributed by atoms with Gasteiger partial charge in [-0.25, -0.2) is 0 Å². The first-order valence-corrected chi connectivity index (χ1v) is 19.8. The monoisotopic (exact) mass is 895 g/mol. The van der Waals surface area contributed by atoms with Crippen LogP contribution in [0.4, 0.5) is 0 Å². The predicted molar refractivity (Wildman–Crippen MR) is 222 cm³/mol. The Balaban J connectivity index is 0.000000389. The Labute approximate surface area is 331 Å². The molecule has 1 N–H and O–H groups in total. The third kappa shape index (κ3) is 10.3. The fraction of sp³-hybridized carbons (Fsp3) is 0.447. The number of pyridine rings is 1. The van der Waals surface area contributed by atoms with Crippen LogP contribution >= 0.6 is 11.3 Å². The van der Waals surface area contributed by atoms with Gasteiger partial charge in [0.25, 0.3) is 0 Å².